The van der Waals surface area contributed by atoms with Crippen LogP contribution in [0.1, 0.15) is 19.3 Å². The molecule has 0 unspecified atom stereocenters. The van der Waals surface area contributed by atoms with Crippen LogP contribution in [-0.2, 0) is 9.59 Å². The Bertz CT molecular complexity index is 214. The Labute approximate surface area is 85.3 Å². The van der Waals surface area contributed by atoms with Crippen molar-refractivity contribution in [3.05, 3.63) is 0 Å². The van der Waals surface area contributed by atoms with E-state index in [1.165, 1.54) is 0 Å². The lowest BCUT2D eigenvalue weighted by molar-refractivity contribution is -0.155. The molecular formula is C9H13F3O3. The van der Waals surface area contributed by atoms with E-state index < -0.39 is 56.5 Å². The van der Waals surface area contributed by atoms with Crippen molar-refractivity contribution >= 4 is 11.8 Å². The minimum absolute atomic E-state index is 0.452. The van der Waals surface area contributed by atoms with Crippen molar-refractivity contribution in [1.29, 1.82) is 0 Å². The van der Waals surface area contributed by atoms with Gasteiger partial charge in [0.2, 0.25) is 5.78 Å². The molecule has 0 saturated carbocycles. The Morgan fingerprint density at radius 3 is 1.47 bits per heavy atom. The summed E-state index contributed by atoms with van der Waals surface area (Å²) in [5, 5.41) is 8.48. The molecule has 0 aromatic heterocycles. The van der Waals surface area contributed by atoms with Crippen molar-refractivity contribution in [1.82, 2.24) is 0 Å². The molecule has 0 amide bonds. The maximum atomic E-state index is 12.2. The lowest BCUT2D eigenvalue weighted by Gasteiger charge is -2.27. The highest BCUT2D eigenvalue weighted by molar-refractivity contribution is 6.34. The van der Waals surface area contributed by atoms with Crippen LogP contribution in [0.4, 0.5) is 13.2 Å². The quantitative estimate of drug-likeness (QED) is 0.641. The summed E-state index contributed by atoms with van der Waals surface area (Å²) in [7, 11) is 0. The number of ketones is 1. The number of alkyl halides is 3. The molecule has 0 rings (SSSR count). The highest BCUT2D eigenvalue weighted by Crippen LogP contribution is 2.33. The van der Waals surface area contributed by atoms with Gasteiger partial charge in [-0.1, -0.05) is 0 Å². The molecule has 0 spiro atoms. The number of rotatable bonds is 8. The van der Waals surface area contributed by atoms with E-state index in [2.05, 4.69) is 0 Å². The molecule has 0 aliphatic heterocycles. The van der Waals surface area contributed by atoms with E-state index in [-0.39, 0.29) is 0 Å². The first-order valence-electron chi connectivity index (χ1n) is 4.49. The number of aliphatic carboxylic acids is 1. The second kappa shape index (κ2) is 6.42. The van der Waals surface area contributed by atoms with Crippen LogP contribution >= 0.6 is 0 Å². The monoisotopic (exact) mass is 226 g/mol. The molecule has 0 bridgehead atoms. The number of halogens is 3. The topological polar surface area (TPSA) is 54.4 Å². The molecular weight excluding hydrogens is 213 g/mol. The lowest BCUT2D eigenvalue weighted by Crippen LogP contribution is -2.38. The number of carbonyl (C=O) groups excluding carboxylic acids is 1. The van der Waals surface area contributed by atoms with Crippen LogP contribution in [0.15, 0.2) is 0 Å². The summed E-state index contributed by atoms with van der Waals surface area (Å²) >= 11 is 0. The van der Waals surface area contributed by atoms with Gasteiger partial charge < -0.3 is 5.11 Å². The van der Waals surface area contributed by atoms with Crippen LogP contribution < -0.4 is 0 Å². The molecule has 3 nitrogen and oxygen atoms in total. The van der Waals surface area contributed by atoms with E-state index in [1.54, 1.807) is 0 Å². The predicted octanol–water partition coefficient (Wildman–Crippen LogP) is 1.71. The highest BCUT2D eigenvalue weighted by Gasteiger charge is 2.41. The number of carboxylic acid groups (broad SMARTS) is 1. The molecule has 0 aliphatic carbocycles. The molecule has 1 N–H and O–H groups in total. The molecule has 0 saturated heterocycles. The maximum absolute atomic E-state index is 12.2. The van der Waals surface area contributed by atoms with Gasteiger partial charge in [-0.05, 0) is 19.3 Å². The van der Waals surface area contributed by atoms with E-state index in [0.717, 1.165) is 0 Å². The summed E-state index contributed by atoms with van der Waals surface area (Å²) in [6, 6.07) is 0. The third kappa shape index (κ3) is 3.53. The molecule has 0 heterocycles. The van der Waals surface area contributed by atoms with Crippen LogP contribution in [-0.4, -0.2) is 36.9 Å². The fourth-order valence-electron chi connectivity index (χ4n) is 1.49. The third-order valence-electron chi connectivity index (χ3n) is 2.40. The van der Waals surface area contributed by atoms with Gasteiger partial charge in [0.05, 0.1) is 20.0 Å². The summed E-state index contributed by atoms with van der Waals surface area (Å²) in [4.78, 5) is 21.7. The highest BCUT2D eigenvalue weighted by atomic mass is 19.1. The van der Waals surface area contributed by atoms with Gasteiger partial charge in [-0.25, -0.2) is 4.79 Å². The van der Waals surface area contributed by atoms with Gasteiger partial charge in [-0.15, -0.1) is 0 Å². The Balaban J connectivity index is 4.90. The van der Waals surface area contributed by atoms with E-state index in [9.17, 15) is 22.8 Å². The molecule has 0 atom stereocenters. The summed E-state index contributed by atoms with van der Waals surface area (Å²) < 4.78 is 36.5. The molecule has 15 heavy (non-hydrogen) atoms. The van der Waals surface area contributed by atoms with Gasteiger partial charge in [0.25, 0.3) is 0 Å². The average molecular weight is 226 g/mol. The van der Waals surface area contributed by atoms with E-state index in [4.69, 9.17) is 5.11 Å². The van der Waals surface area contributed by atoms with Crippen molar-refractivity contribution in [2.24, 2.45) is 5.41 Å². The minimum atomic E-state index is -1.77. The smallest absolute Gasteiger partial charge is 0.372 e. The number of hydrogen-bond acceptors (Lipinski definition) is 2. The number of carboxylic acids is 1. The third-order valence-corrected chi connectivity index (χ3v) is 2.40. The molecule has 0 aromatic carbocycles. The molecule has 0 fully saturated rings. The number of carbonyl (C=O) groups is 2. The SMILES string of the molecule is O=C(O)C(=O)C(CCF)(CCF)CCF. The molecule has 0 aromatic rings. The predicted molar refractivity (Wildman–Crippen MR) is 46.9 cm³/mol. The van der Waals surface area contributed by atoms with Crippen LogP contribution in [0, 0.1) is 5.41 Å². The van der Waals surface area contributed by atoms with Crippen LogP contribution in [0.2, 0.25) is 0 Å². The first-order chi connectivity index (χ1) is 7.04. The fourth-order valence-corrected chi connectivity index (χ4v) is 1.49. The summed E-state index contributed by atoms with van der Waals surface area (Å²) in [6.45, 7) is -2.92. The molecule has 6 heteroatoms. The van der Waals surface area contributed by atoms with Gasteiger partial charge >= 0.3 is 5.97 Å². The van der Waals surface area contributed by atoms with Gasteiger partial charge in [-0.2, -0.15) is 0 Å². The van der Waals surface area contributed by atoms with Gasteiger partial charge in [0.1, 0.15) is 0 Å². The van der Waals surface area contributed by atoms with Gasteiger partial charge in [0, 0.05) is 5.41 Å². The zero-order valence-corrected chi connectivity index (χ0v) is 8.14. The van der Waals surface area contributed by atoms with Crippen LogP contribution in [0.5, 0.6) is 0 Å². The molecule has 0 radical (unpaired) electrons. The first kappa shape index (κ1) is 13.9. The first-order valence-corrected chi connectivity index (χ1v) is 4.49. The van der Waals surface area contributed by atoms with E-state index in [1.807, 2.05) is 0 Å². The normalized spacial score (nSPS) is 11.4. The largest absolute Gasteiger partial charge is 0.475 e. The van der Waals surface area contributed by atoms with Gasteiger partial charge in [-0.3, -0.25) is 18.0 Å². The van der Waals surface area contributed by atoms with Crippen molar-refractivity contribution in [3.8, 4) is 0 Å². The Kier molecular flexibility index (Phi) is 5.96. The van der Waals surface area contributed by atoms with E-state index >= 15 is 0 Å². The molecule has 0 aliphatic rings. The zero-order chi connectivity index (χ0) is 11.9. The minimum Gasteiger partial charge on any atom is -0.475 e. The maximum Gasteiger partial charge on any atom is 0.372 e. The zero-order valence-electron chi connectivity index (χ0n) is 8.14. The number of Topliss-reactive ketones (excluding diaryl/α,β-unsaturated/α-hetero) is 1. The number of hydrogen-bond donors (Lipinski definition) is 1. The summed E-state index contributed by atoms with van der Waals surface area (Å²) in [5.41, 5.74) is -1.73. The Hall–Kier alpha value is -1.07. The van der Waals surface area contributed by atoms with Gasteiger partial charge in [0.15, 0.2) is 0 Å². The Morgan fingerprint density at radius 1 is 0.933 bits per heavy atom. The average Bonchev–Trinajstić information content (AvgIpc) is 2.17. The fraction of sp³-hybridized carbons (Fsp3) is 0.778. The van der Waals surface area contributed by atoms with Crippen LogP contribution in [0.25, 0.3) is 0 Å². The van der Waals surface area contributed by atoms with Crippen molar-refractivity contribution in [3.63, 3.8) is 0 Å². The summed E-state index contributed by atoms with van der Waals surface area (Å²) in [6.07, 6.45) is -1.36. The Morgan fingerprint density at radius 2 is 1.27 bits per heavy atom. The van der Waals surface area contributed by atoms with Crippen LogP contribution in [0.3, 0.4) is 0 Å². The summed E-state index contributed by atoms with van der Waals surface area (Å²) in [5.74, 6) is -3.08. The van der Waals surface area contributed by atoms with Crippen molar-refractivity contribution < 1.29 is 27.9 Å². The van der Waals surface area contributed by atoms with Crippen molar-refractivity contribution in [2.75, 3.05) is 20.0 Å². The van der Waals surface area contributed by atoms with E-state index in [0.29, 0.717) is 0 Å². The lowest BCUT2D eigenvalue weighted by atomic mass is 9.75. The molecule has 88 valence electrons. The standard InChI is InChI=1S/C9H13F3O3/c10-4-1-9(2-5-11,3-6-12)7(13)8(14)15/h1-6H2,(H,14,15). The van der Waals surface area contributed by atoms with Crippen molar-refractivity contribution in [2.45, 2.75) is 19.3 Å². The second-order valence-electron chi connectivity index (χ2n) is 3.23. The second-order valence-corrected chi connectivity index (χ2v) is 3.23.